The molecule has 0 N–H and O–H groups in total. The summed E-state index contributed by atoms with van der Waals surface area (Å²) in [5.41, 5.74) is 0.0908. The van der Waals surface area contributed by atoms with Gasteiger partial charge >= 0.3 is 0 Å². The molecule has 1 heterocycles. The predicted molar refractivity (Wildman–Crippen MR) is 78.1 cm³/mol. The van der Waals surface area contributed by atoms with Crippen molar-refractivity contribution in [1.82, 2.24) is 4.90 Å². The number of halogens is 1. The molecule has 0 radical (unpaired) electrons. The van der Waals surface area contributed by atoms with Gasteiger partial charge in [-0.3, -0.25) is 4.79 Å². The Morgan fingerprint density at radius 2 is 2.10 bits per heavy atom. The molecule has 1 aliphatic heterocycles. The molecule has 4 nitrogen and oxygen atoms in total. The van der Waals surface area contributed by atoms with Crippen molar-refractivity contribution in [3.05, 3.63) is 29.6 Å². The highest BCUT2D eigenvalue weighted by molar-refractivity contribution is 5.94. The van der Waals surface area contributed by atoms with E-state index in [-0.39, 0.29) is 11.5 Å². The van der Waals surface area contributed by atoms with Gasteiger partial charge in [0, 0.05) is 19.2 Å². The molecule has 0 saturated carbocycles. The molecule has 2 rings (SSSR count). The van der Waals surface area contributed by atoms with Gasteiger partial charge in [-0.25, -0.2) is 4.39 Å². The van der Waals surface area contributed by atoms with Gasteiger partial charge < -0.3 is 14.4 Å². The maximum atomic E-state index is 14.1. The number of benzene rings is 1. The van der Waals surface area contributed by atoms with E-state index in [1.165, 1.54) is 12.1 Å². The van der Waals surface area contributed by atoms with E-state index in [1.807, 2.05) is 0 Å². The molecule has 0 atom stereocenters. The molecular formula is C16H22FNO3. The van der Waals surface area contributed by atoms with E-state index in [2.05, 4.69) is 13.8 Å². The van der Waals surface area contributed by atoms with E-state index in [1.54, 1.807) is 11.0 Å². The highest BCUT2D eigenvalue weighted by Gasteiger charge is 2.21. The highest BCUT2D eigenvalue weighted by Crippen LogP contribution is 2.19. The quantitative estimate of drug-likeness (QED) is 0.838. The summed E-state index contributed by atoms with van der Waals surface area (Å²) in [5, 5.41) is 0. The molecule has 1 saturated heterocycles. The van der Waals surface area contributed by atoms with Gasteiger partial charge in [-0.2, -0.15) is 0 Å². The van der Waals surface area contributed by atoms with Crippen molar-refractivity contribution >= 4 is 5.91 Å². The van der Waals surface area contributed by atoms with Crippen molar-refractivity contribution in [3.8, 4) is 5.75 Å². The Kier molecular flexibility index (Phi) is 5.56. The third kappa shape index (κ3) is 4.43. The molecule has 0 unspecified atom stereocenters. The zero-order chi connectivity index (χ0) is 15.2. The second kappa shape index (κ2) is 7.41. The molecule has 0 aromatic heterocycles. The van der Waals surface area contributed by atoms with Crippen molar-refractivity contribution in [2.75, 3.05) is 32.9 Å². The van der Waals surface area contributed by atoms with Crippen LogP contribution in [0.5, 0.6) is 5.75 Å². The number of morpholine rings is 1. The van der Waals surface area contributed by atoms with Crippen LogP contribution in [0.25, 0.3) is 0 Å². The van der Waals surface area contributed by atoms with Gasteiger partial charge in [-0.1, -0.05) is 13.8 Å². The van der Waals surface area contributed by atoms with E-state index in [0.717, 1.165) is 6.42 Å². The third-order valence-electron chi connectivity index (χ3n) is 3.43. The van der Waals surface area contributed by atoms with Crippen LogP contribution >= 0.6 is 0 Å². The van der Waals surface area contributed by atoms with Crippen LogP contribution in [0.2, 0.25) is 0 Å². The predicted octanol–water partition coefficient (Wildman–Crippen LogP) is 2.72. The van der Waals surface area contributed by atoms with E-state index < -0.39 is 5.82 Å². The van der Waals surface area contributed by atoms with E-state index in [9.17, 15) is 9.18 Å². The molecule has 1 amide bonds. The van der Waals surface area contributed by atoms with E-state index >= 15 is 0 Å². The number of carbonyl (C=O) groups is 1. The molecule has 5 heteroatoms. The minimum absolute atomic E-state index is 0.0908. The number of hydrogen-bond acceptors (Lipinski definition) is 3. The van der Waals surface area contributed by atoms with Crippen molar-refractivity contribution in [2.45, 2.75) is 20.3 Å². The summed E-state index contributed by atoms with van der Waals surface area (Å²) in [6.07, 6.45) is 0.913. The standard InChI is InChI=1S/C16H22FNO3/c1-12(2)5-8-21-13-3-4-14(15(17)11-13)16(19)18-6-9-20-10-7-18/h3-4,11-12H,5-10H2,1-2H3. The van der Waals surface area contributed by atoms with Crippen molar-refractivity contribution < 1.29 is 18.7 Å². The fourth-order valence-electron chi connectivity index (χ4n) is 2.11. The van der Waals surface area contributed by atoms with Crippen molar-refractivity contribution in [3.63, 3.8) is 0 Å². The first-order chi connectivity index (χ1) is 10.1. The van der Waals surface area contributed by atoms with Crippen LogP contribution in [0.4, 0.5) is 4.39 Å². The van der Waals surface area contributed by atoms with Crippen molar-refractivity contribution in [2.24, 2.45) is 5.92 Å². The number of carbonyl (C=O) groups excluding carboxylic acids is 1. The van der Waals surface area contributed by atoms with Gasteiger partial charge in [0.2, 0.25) is 0 Å². The second-order valence-electron chi connectivity index (χ2n) is 5.58. The van der Waals surface area contributed by atoms with Crippen LogP contribution in [0.15, 0.2) is 18.2 Å². The zero-order valence-corrected chi connectivity index (χ0v) is 12.6. The van der Waals surface area contributed by atoms with Gasteiger partial charge in [0.1, 0.15) is 11.6 Å². The van der Waals surface area contributed by atoms with Crippen molar-refractivity contribution in [1.29, 1.82) is 0 Å². The summed E-state index contributed by atoms with van der Waals surface area (Å²) in [7, 11) is 0. The summed E-state index contributed by atoms with van der Waals surface area (Å²) < 4.78 is 24.8. The van der Waals surface area contributed by atoms with Gasteiger partial charge in [0.05, 0.1) is 25.4 Å². The number of nitrogens with zero attached hydrogens (tertiary/aromatic N) is 1. The van der Waals surface area contributed by atoms with Gasteiger partial charge in [0.25, 0.3) is 5.91 Å². The van der Waals surface area contributed by atoms with Gasteiger partial charge in [-0.15, -0.1) is 0 Å². The minimum Gasteiger partial charge on any atom is -0.493 e. The normalized spacial score (nSPS) is 15.3. The lowest BCUT2D eigenvalue weighted by molar-refractivity contribution is 0.0300. The Morgan fingerprint density at radius 3 is 2.71 bits per heavy atom. The first kappa shape index (κ1) is 15.8. The molecular weight excluding hydrogens is 273 g/mol. The molecule has 1 aromatic rings. The highest BCUT2D eigenvalue weighted by atomic mass is 19.1. The summed E-state index contributed by atoms with van der Waals surface area (Å²) in [6, 6.07) is 4.43. The monoisotopic (exact) mass is 295 g/mol. The van der Waals surface area contributed by atoms with E-state index in [0.29, 0.717) is 44.6 Å². The molecule has 0 spiro atoms. The van der Waals surface area contributed by atoms with Crippen LogP contribution in [-0.2, 0) is 4.74 Å². The summed E-state index contributed by atoms with van der Waals surface area (Å²) in [4.78, 5) is 13.8. The summed E-state index contributed by atoms with van der Waals surface area (Å²) in [5.74, 6) is 0.182. The average molecular weight is 295 g/mol. The van der Waals surface area contributed by atoms with Gasteiger partial charge in [-0.05, 0) is 24.5 Å². The fourth-order valence-corrected chi connectivity index (χ4v) is 2.11. The van der Waals surface area contributed by atoms with E-state index in [4.69, 9.17) is 9.47 Å². The SMILES string of the molecule is CC(C)CCOc1ccc(C(=O)N2CCOCC2)c(F)c1. The van der Waals surface area contributed by atoms with Crippen LogP contribution in [0.1, 0.15) is 30.6 Å². The van der Waals surface area contributed by atoms with Crippen LogP contribution in [-0.4, -0.2) is 43.7 Å². The molecule has 1 aliphatic rings. The number of ether oxygens (including phenoxy) is 2. The number of amides is 1. The molecule has 1 fully saturated rings. The molecule has 0 bridgehead atoms. The van der Waals surface area contributed by atoms with Crippen LogP contribution in [0, 0.1) is 11.7 Å². The molecule has 116 valence electrons. The zero-order valence-electron chi connectivity index (χ0n) is 12.6. The lowest BCUT2D eigenvalue weighted by Crippen LogP contribution is -2.41. The first-order valence-corrected chi connectivity index (χ1v) is 7.37. The number of rotatable bonds is 5. The first-order valence-electron chi connectivity index (χ1n) is 7.37. The Hall–Kier alpha value is -1.62. The van der Waals surface area contributed by atoms with Crippen LogP contribution < -0.4 is 4.74 Å². The molecule has 21 heavy (non-hydrogen) atoms. The third-order valence-corrected chi connectivity index (χ3v) is 3.43. The Morgan fingerprint density at radius 1 is 1.38 bits per heavy atom. The lowest BCUT2D eigenvalue weighted by Gasteiger charge is -2.27. The summed E-state index contributed by atoms with van der Waals surface area (Å²) in [6.45, 7) is 6.78. The largest absolute Gasteiger partial charge is 0.493 e. The molecule has 0 aliphatic carbocycles. The Bertz CT molecular complexity index is 484. The maximum absolute atomic E-state index is 14.1. The average Bonchev–Trinajstić information content (AvgIpc) is 2.47. The summed E-state index contributed by atoms with van der Waals surface area (Å²) >= 11 is 0. The second-order valence-corrected chi connectivity index (χ2v) is 5.58. The Labute approximate surface area is 124 Å². The van der Waals surface area contributed by atoms with Gasteiger partial charge in [0.15, 0.2) is 0 Å². The lowest BCUT2D eigenvalue weighted by atomic mass is 10.1. The minimum atomic E-state index is -0.534. The smallest absolute Gasteiger partial charge is 0.256 e. The molecule has 1 aromatic carbocycles. The fraction of sp³-hybridized carbons (Fsp3) is 0.562. The number of hydrogen-bond donors (Lipinski definition) is 0. The maximum Gasteiger partial charge on any atom is 0.256 e. The topological polar surface area (TPSA) is 38.8 Å². The van der Waals surface area contributed by atoms with Crippen LogP contribution in [0.3, 0.4) is 0 Å². The Balaban J connectivity index is 1.99.